The van der Waals surface area contributed by atoms with Crippen molar-refractivity contribution in [2.24, 2.45) is 16.6 Å². The molecule has 5 heteroatoms. The summed E-state index contributed by atoms with van der Waals surface area (Å²) in [6, 6.07) is 7.71. The number of para-hydroxylation sites is 2. The Morgan fingerprint density at radius 2 is 2.09 bits per heavy atom. The van der Waals surface area contributed by atoms with Crippen LogP contribution in [0.5, 0.6) is 5.75 Å². The number of methoxy groups -OCH3 is 1. The number of nitrogens with one attached hydrogen (secondary N) is 1. The molecule has 0 aromatic heterocycles. The van der Waals surface area contributed by atoms with Gasteiger partial charge < -0.3 is 20.7 Å². The highest BCUT2D eigenvalue weighted by Gasteiger charge is 2.17. The van der Waals surface area contributed by atoms with Crippen LogP contribution in [-0.2, 0) is 0 Å². The second-order valence-corrected chi connectivity index (χ2v) is 5.76. The van der Waals surface area contributed by atoms with Gasteiger partial charge in [-0.2, -0.15) is 0 Å². The summed E-state index contributed by atoms with van der Waals surface area (Å²) in [5.74, 6) is 2.01. The van der Waals surface area contributed by atoms with Gasteiger partial charge in [0.1, 0.15) is 5.75 Å². The highest BCUT2D eigenvalue weighted by molar-refractivity contribution is 5.93. The van der Waals surface area contributed by atoms with Crippen LogP contribution < -0.4 is 15.8 Å². The SMILES string of the molecule is CCN1CCC(CCN=C(N)Nc2ccccc2OC)CC1. The lowest BCUT2D eigenvalue weighted by atomic mass is 9.94. The standard InChI is InChI=1S/C17H28N4O/c1-3-21-12-9-14(10-13-21)8-11-19-17(18)20-15-6-4-5-7-16(15)22-2/h4-7,14H,3,8-13H2,1-2H3,(H3,18,19,20). The van der Waals surface area contributed by atoms with Crippen LogP contribution in [0.25, 0.3) is 0 Å². The van der Waals surface area contributed by atoms with E-state index in [4.69, 9.17) is 10.5 Å². The van der Waals surface area contributed by atoms with E-state index in [9.17, 15) is 0 Å². The van der Waals surface area contributed by atoms with E-state index >= 15 is 0 Å². The van der Waals surface area contributed by atoms with Gasteiger partial charge in [-0.3, -0.25) is 4.99 Å². The van der Waals surface area contributed by atoms with Crippen molar-refractivity contribution in [3.63, 3.8) is 0 Å². The van der Waals surface area contributed by atoms with Crippen LogP contribution in [0.2, 0.25) is 0 Å². The molecule has 1 saturated heterocycles. The van der Waals surface area contributed by atoms with Gasteiger partial charge in [0.25, 0.3) is 0 Å². The lowest BCUT2D eigenvalue weighted by Crippen LogP contribution is -2.33. The number of rotatable bonds is 6. The number of likely N-dealkylation sites (tertiary alicyclic amines) is 1. The van der Waals surface area contributed by atoms with Crippen LogP contribution in [0.15, 0.2) is 29.3 Å². The largest absolute Gasteiger partial charge is 0.495 e. The fraction of sp³-hybridized carbons (Fsp3) is 0.588. The van der Waals surface area contributed by atoms with Gasteiger partial charge in [-0.15, -0.1) is 0 Å². The molecule has 0 atom stereocenters. The zero-order valence-electron chi connectivity index (χ0n) is 13.7. The molecule has 0 saturated carbocycles. The van der Waals surface area contributed by atoms with E-state index in [1.54, 1.807) is 7.11 Å². The third-order valence-electron chi connectivity index (χ3n) is 4.34. The molecule has 22 heavy (non-hydrogen) atoms. The maximum absolute atomic E-state index is 5.96. The minimum atomic E-state index is 0.454. The van der Waals surface area contributed by atoms with Crippen LogP contribution in [0, 0.1) is 5.92 Å². The average Bonchev–Trinajstić information content (AvgIpc) is 2.56. The highest BCUT2D eigenvalue weighted by atomic mass is 16.5. The Morgan fingerprint density at radius 1 is 1.36 bits per heavy atom. The van der Waals surface area contributed by atoms with Gasteiger partial charge >= 0.3 is 0 Å². The minimum absolute atomic E-state index is 0.454. The average molecular weight is 304 g/mol. The van der Waals surface area contributed by atoms with E-state index in [0.29, 0.717) is 5.96 Å². The lowest BCUT2D eigenvalue weighted by molar-refractivity contribution is 0.188. The van der Waals surface area contributed by atoms with Crippen molar-refractivity contribution in [3.05, 3.63) is 24.3 Å². The fourth-order valence-electron chi connectivity index (χ4n) is 2.88. The Bertz CT molecular complexity index is 481. The number of hydrogen-bond acceptors (Lipinski definition) is 3. The van der Waals surface area contributed by atoms with Crippen LogP contribution in [0.1, 0.15) is 26.2 Å². The molecule has 0 spiro atoms. The Labute approximate surface area is 133 Å². The first-order valence-corrected chi connectivity index (χ1v) is 8.15. The number of guanidine groups is 1. The van der Waals surface area contributed by atoms with Gasteiger partial charge in [0, 0.05) is 6.54 Å². The Balaban J connectivity index is 1.76. The number of ether oxygens (including phenoxy) is 1. The highest BCUT2D eigenvalue weighted by Crippen LogP contribution is 2.23. The van der Waals surface area contributed by atoms with Gasteiger partial charge in [-0.25, -0.2) is 0 Å². The first kappa shape index (κ1) is 16.6. The van der Waals surface area contributed by atoms with Gasteiger partial charge in [0.15, 0.2) is 5.96 Å². The molecule has 122 valence electrons. The van der Waals surface area contributed by atoms with Crippen molar-refractivity contribution >= 4 is 11.6 Å². The normalized spacial score (nSPS) is 17.5. The smallest absolute Gasteiger partial charge is 0.193 e. The molecule has 1 heterocycles. The van der Waals surface area contributed by atoms with Gasteiger partial charge in [0.05, 0.1) is 12.8 Å². The Kier molecular flexibility index (Phi) is 6.52. The minimum Gasteiger partial charge on any atom is -0.495 e. The van der Waals surface area contributed by atoms with E-state index in [0.717, 1.165) is 30.3 Å². The van der Waals surface area contributed by atoms with E-state index in [1.165, 1.54) is 32.5 Å². The summed E-state index contributed by atoms with van der Waals surface area (Å²) >= 11 is 0. The van der Waals surface area contributed by atoms with Crippen molar-refractivity contribution in [2.75, 3.05) is 38.6 Å². The van der Waals surface area contributed by atoms with Gasteiger partial charge in [-0.1, -0.05) is 19.1 Å². The van der Waals surface area contributed by atoms with E-state index < -0.39 is 0 Å². The predicted octanol–water partition coefficient (Wildman–Crippen LogP) is 2.54. The molecule has 1 aromatic rings. The van der Waals surface area contributed by atoms with E-state index in [2.05, 4.69) is 22.1 Å². The molecule has 3 N–H and O–H groups in total. The first-order chi connectivity index (χ1) is 10.7. The van der Waals surface area contributed by atoms with Gasteiger partial charge in [0.2, 0.25) is 0 Å². The maximum Gasteiger partial charge on any atom is 0.193 e. The molecule has 0 radical (unpaired) electrons. The monoisotopic (exact) mass is 304 g/mol. The van der Waals surface area contributed by atoms with Gasteiger partial charge in [-0.05, 0) is 56.9 Å². The number of piperidine rings is 1. The number of hydrogen-bond donors (Lipinski definition) is 2. The second kappa shape index (κ2) is 8.63. The lowest BCUT2D eigenvalue weighted by Gasteiger charge is -2.30. The fourth-order valence-corrected chi connectivity index (χ4v) is 2.88. The number of benzene rings is 1. The third-order valence-corrected chi connectivity index (χ3v) is 4.34. The van der Waals surface area contributed by atoms with E-state index in [1.807, 2.05) is 24.3 Å². The molecular formula is C17H28N4O. The van der Waals surface area contributed by atoms with Crippen molar-refractivity contribution in [1.29, 1.82) is 0 Å². The van der Waals surface area contributed by atoms with E-state index in [-0.39, 0.29) is 0 Å². The molecule has 1 aromatic carbocycles. The third kappa shape index (κ3) is 4.91. The van der Waals surface area contributed by atoms with Crippen LogP contribution in [0.4, 0.5) is 5.69 Å². The first-order valence-electron chi connectivity index (χ1n) is 8.15. The Hall–Kier alpha value is -1.75. The zero-order valence-corrected chi connectivity index (χ0v) is 13.7. The summed E-state index contributed by atoms with van der Waals surface area (Å²) in [6.45, 7) is 6.62. The molecule has 0 bridgehead atoms. The molecule has 1 aliphatic rings. The topological polar surface area (TPSA) is 62.9 Å². The van der Waals surface area contributed by atoms with Crippen molar-refractivity contribution in [2.45, 2.75) is 26.2 Å². The number of nitrogens with two attached hydrogens (primary N) is 1. The number of anilines is 1. The van der Waals surface area contributed by atoms with Crippen LogP contribution in [0.3, 0.4) is 0 Å². The zero-order chi connectivity index (χ0) is 15.8. The predicted molar refractivity (Wildman–Crippen MR) is 92.6 cm³/mol. The van der Waals surface area contributed by atoms with Crippen molar-refractivity contribution in [3.8, 4) is 5.75 Å². The van der Waals surface area contributed by atoms with Crippen LogP contribution in [-0.4, -0.2) is 44.1 Å². The molecule has 0 amide bonds. The molecule has 2 rings (SSSR count). The van der Waals surface area contributed by atoms with Crippen molar-refractivity contribution in [1.82, 2.24) is 4.90 Å². The quantitative estimate of drug-likeness (QED) is 0.626. The molecule has 1 aliphatic heterocycles. The summed E-state index contributed by atoms with van der Waals surface area (Å²) in [5.41, 5.74) is 6.81. The molecule has 1 fully saturated rings. The summed E-state index contributed by atoms with van der Waals surface area (Å²) in [7, 11) is 1.65. The molecule has 5 nitrogen and oxygen atoms in total. The number of nitrogens with zero attached hydrogens (tertiary/aromatic N) is 2. The second-order valence-electron chi connectivity index (χ2n) is 5.76. The summed E-state index contributed by atoms with van der Waals surface area (Å²) in [6.07, 6.45) is 3.68. The maximum atomic E-state index is 5.96. The summed E-state index contributed by atoms with van der Waals surface area (Å²) in [5, 5.41) is 3.11. The van der Waals surface area contributed by atoms with Crippen LogP contribution >= 0.6 is 0 Å². The molecule has 0 unspecified atom stereocenters. The summed E-state index contributed by atoms with van der Waals surface area (Å²) < 4.78 is 5.29. The number of aliphatic imine (C=N–C) groups is 1. The van der Waals surface area contributed by atoms with Crippen molar-refractivity contribution < 1.29 is 4.74 Å². The molecular weight excluding hydrogens is 276 g/mol. The summed E-state index contributed by atoms with van der Waals surface area (Å²) in [4.78, 5) is 6.95. The molecule has 0 aliphatic carbocycles. The Morgan fingerprint density at radius 3 is 2.77 bits per heavy atom.